The SMILES string of the molecule is CCOC(=O)c1ccc(S(=O)(=O)Cl)o1.CCOC(=O)c1ccc(S(N)(=O)=O)o1.CCOC(=O)c1ccco1.CN(C)Cc1ccc(S(N)(=O)=O)o1.NS(=O)(=O)c1ccc(CCl)o1.NS(=O)(=O)c1ccc(CO)o1.O=C(O)c1ccco1. The minimum Gasteiger partial charge on any atom is -0.475 e. The number of sulfonamides is 4. The van der Waals surface area contributed by atoms with Crippen LogP contribution in [0.4, 0.5) is 0 Å². The van der Waals surface area contributed by atoms with Gasteiger partial charge >= 0.3 is 23.9 Å². The maximum atomic E-state index is 11.0. The molecule has 0 unspecified atom stereocenters. The van der Waals surface area contributed by atoms with Gasteiger partial charge in [-0.15, -0.1) is 11.6 Å². The lowest BCUT2D eigenvalue weighted by Crippen LogP contribution is -2.11. The molecule has 7 aromatic rings. The first kappa shape index (κ1) is 71.9. The van der Waals surface area contributed by atoms with Gasteiger partial charge < -0.3 is 60.2 Å². The van der Waals surface area contributed by atoms with Crippen LogP contribution in [-0.2, 0) is 82.4 Å². The molecule has 10 N–H and O–H groups in total. The fourth-order valence-electron chi connectivity index (χ4n) is 4.63. The van der Waals surface area contributed by atoms with E-state index in [2.05, 4.69) is 31.9 Å². The van der Waals surface area contributed by atoms with E-state index in [4.69, 9.17) is 66.3 Å². The normalized spacial score (nSPS) is 11.1. The molecule has 7 heterocycles. The number of esters is 3. The number of halogens is 2. The van der Waals surface area contributed by atoms with Crippen molar-refractivity contribution in [2.75, 3.05) is 33.9 Å². The van der Waals surface area contributed by atoms with Crippen molar-refractivity contribution in [2.24, 2.45) is 20.6 Å². The second-order valence-electron chi connectivity index (χ2n) is 14.5. The second kappa shape index (κ2) is 33.6. The van der Waals surface area contributed by atoms with Gasteiger partial charge in [0.2, 0.25) is 48.5 Å². The van der Waals surface area contributed by atoms with Gasteiger partial charge in [-0.3, -0.25) is 0 Å². The van der Waals surface area contributed by atoms with Crippen LogP contribution in [-0.4, -0.2) is 115 Å². The number of nitrogens with two attached hydrogens (primary N) is 4. The van der Waals surface area contributed by atoms with Crippen molar-refractivity contribution in [1.82, 2.24) is 4.90 Å². The van der Waals surface area contributed by atoms with Gasteiger partial charge in [0, 0.05) is 10.7 Å². The number of furan rings is 7. The summed E-state index contributed by atoms with van der Waals surface area (Å²) in [6.45, 7) is 5.96. The van der Waals surface area contributed by atoms with Crippen molar-refractivity contribution >= 4 is 95.3 Å². The molecule has 0 aliphatic heterocycles. The molecular weight excluding hydrogens is 1230 g/mol. The van der Waals surface area contributed by atoms with Crippen molar-refractivity contribution in [3.8, 4) is 0 Å². The quantitative estimate of drug-likeness (QED) is 0.0344. The molecule has 450 valence electrons. The van der Waals surface area contributed by atoms with Crippen LogP contribution < -0.4 is 20.6 Å². The average Bonchev–Trinajstić information content (AvgIpc) is 4.21. The van der Waals surface area contributed by atoms with Gasteiger partial charge in [0.25, 0.3) is 49.1 Å². The highest BCUT2D eigenvalue weighted by Gasteiger charge is 2.21. The van der Waals surface area contributed by atoms with Gasteiger partial charge in [0.05, 0.1) is 44.8 Å². The lowest BCUT2D eigenvalue weighted by Gasteiger charge is -2.05. The van der Waals surface area contributed by atoms with Crippen LogP contribution >= 0.6 is 22.3 Å². The van der Waals surface area contributed by atoms with Gasteiger partial charge in [-0.05, 0) is 120 Å². The number of carbonyl (C=O) groups excluding carboxylic acids is 3. The molecule has 0 saturated heterocycles. The van der Waals surface area contributed by atoms with Crippen LogP contribution in [0.1, 0.15) is 80.3 Å². The first-order chi connectivity index (χ1) is 37.5. The fraction of sp³-hybridized carbons (Fsp3) is 0.256. The van der Waals surface area contributed by atoms with Crippen molar-refractivity contribution in [3.63, 3.8) is 0 Å². The van der Waals surface area contributed by atoms with Gasteiger partial charge in [-0.1, -0.05) is 0 Å². The Morgan fingerprint density at radius 3 is 1.10 bits per heavy atom. The summed E-state index contributed by atoms with van der Waals surface area (Å²) in [7, 11) is -10.3. The Hall–Kier alpha value is -7.07. The van der Waals surface area contributed by atoms with Gasteiger partial charge in [-0.25, -0.2) is 81.8 Å². The molecule has 7 aromatic heterocycles. The third-order valence-electron chi connectivity index (χ3n) is 7.88. The van der Waals surface area contributed by atoms with E-state index in [1.54, 1.807) is 39.0 Å². The van der Waals surface area contributed by atoms with Gasteiger partial charge in [-0.2, -0.15) is 0 Å². The molecule has 0 radical (unpaired) electrons. The first-order valence-corrected chi connectivity index (χ1v) is 30.7. The minimum absolute atomic E-state index is 0.0231. The summed E-state index contributed by atoms with van der Waals surface area (Å²) in [4.78, 5) is 44.7. The molecule has 0 amide bonds. The van der Waals surface area contributed by atoms with Crippen LogP contribution in [0.5, 0.6) is 0 Å². The van der Waals surface area contributed by atoms with Crippen molar-refractivity contribution in [3.05, 3.63) is 138 Å². The average molecular weight is 1290 g/mol. The van der Waals surface area contributed by atoms with E-state index in [1.165, 1.54) is 67.1 Å². The summed E-state index contributed by atoms with van der Waals surface area (Å²) < 4.78 is 154. The Kier molecular flexibility index (Phi) is 29.9. The molecular formula is C43H53Cl2N5O26S5. The topological polar surface area (TPSA) is 506 Å². The highest BCUT2D eigenvalue weighted by molar-refractivity contribution is 8.13. The molecule has 0 saturated carbocycles. The van der Waals surface area contributed by atoms with E-state index in [1.807, 2.05) is 19.0 Å². The number of carboxylic acids is 1. The maximum Gasteiger partial charge on any atom is 0.374 e. The predicted molar refractivity (Wildman–Crippen MR) is 277 cm³/mol. The Balaban J connectivity index is 0.000000475. The number of aliphatic hydroxyl groups excluding tert-OH is 1. The number of alkyl halides is 1. The summed E-state index contributed by atoms with van der Waals surface area (Å²) in [6, 6.07) is 18.9. The smallest absolute Gasteiger partial charge is 0.374 e. The van der Waals surface area contributed by atoms with Gasteiger partial charge in [0.15, 0.2) is 0 Å². The molecule has 0 aromatic carbocycles. The summed E-state index contributed by atoms with van der Waals surface area (Å²) in [6.07, 6.45) is 2.76. The van der Waals surface area contributed by atoms with Crippen LogP contribution in [0.3, 0.4) is 0 Å². The number of carboxylic acid groups (broad SMARTS) is 1. The lowest BCUT2D eigenvalue weighted by atomic mass is 10.4. The van der Waals surface area contributed by atoms with Crippen LogP contribution in [0, 0.1) is 0 Å². The summed E-state index contributed by atoms with van der Waals surface area (Å²) in [5.74, 6) is -1.76. The number of primary sulfonamides is 4. The number of aliphatic hydroxyl groups is 1. The molecule has 31 nitrogen and oxygen atoms in total. The number of ether oxygens (including phenoxy) is 3. The summed E-state index contributed by atoms with van der Waals surface area (Å²) in [5, 5.41) is 34.1. The second-order valence-corrected chi connectivity index (χ2v) is 23.2. The van der Waals surface area contributed by atoms with Gasteiger partial charge in [0.1, 0.15) is 23.9 Å². The fourth-order valence-corrected chi connectivity index (χ4v) is 7.35. The molecule has 0 fully saturated rings. The third-order valence-corrected chi connectivity index (χ3v) is 12.4. The summed E-state index contributed by atoms with van der Waals surface area (Å²) >= 11 is 5.36. The first-order valence-electron chi connectivity index (χ1n) is 21.7. The monoisotopic (exact) mass is 1290 g/mol. The van der Waals surface area contributed by atoms with Crippen LogP contribution in [0.2, 0.25) is 0 Å². The highest BCUT2D eigenvalue weighted by atomic mass is 35.7. The third kappa shape index (κ3) is 27.8. The molecule has 81 heavy (non-hydrogen) atoms. The zero-order valence-corrected chi connectivity index (χ0v) is 48.3. The minimum atomic E-state index is -3.93. The molecule has 0 bridgehead atoms. The number of carbonyl (C=O) groups is 4. The molecule has 38 heteroatoms. The molecule has 0 spiro atoms. The van der Waals surface area contributed by atoms with E-state index in [-0.39, 0.29) is 69.8 Å². The standard InChI is InChI=1S/C7H7ClO5S.C7H12N2O3S.C7H9NO5S.C7H8O3.C5H6ClNO3S.C5H7NO4S.C5H4O3/c1-2-12-7(9)5-3-4-6(13-5)14(8,10)11;1-9(2)5-6-3-4-7(12-6)13(8,10)11;1-2-12-7(9)5-3-4-6(13-5)14(8,10)11;1-2-9-7(8)6-4-3-5-10-6;6-3-4-1-2-5(10-4)11(7,8)9;6-11(8,9)5-2-1-4(3-7)10-5;6-5(7)4-2-1-3-8-4/h3-4H,2H2,1H3;3-4H,5H2,1-2H3,(H2,8,10,11);3-4H,2H2,1H3,(H2,8,10,11);3-5H,2H2,1H3;1-2H,3H2,(H2,7,8,9);1-2,7H,3H2,(H2,6,8,9);1-3H,(H,6,7). The zero-order valence-electron chi connectivity index (χ0n) is 42.7. The van der Waals surface area contributed by atoms with E-state index in [0.717, 1.165) is 12.1 Å². The zero-order chi connectivity index (χ0) is 61.9. The Morgan fingerprint density at radius 1 is 0.494 bits per heavy atom. The largest absolute Gasteiger partial charge is 0.475 e. The Morgan fingerprint density at radius 2 is 0.827 bits per heavy atom. The number of hydrogen-bond acceptors (Lipinski definition) is 26. The highest BCUT2D eigenvalue weighted by Crippen LogP contribution is 2.19. The van der Waals surface area contributed by atoms with Crippen molar-refractivity contribution in [1.29, 1.82) is 0 Å². The molecule has 0 aliphatic carbocycles. The molecule has 0 atom stereocenters. The van der Waals surface area contributed by atoms with Crippen LogP contribution in [0.15, 0.2) is 154 Å². The lowest BCUT2D eigenvalue weighted by molar-refractivity contribution is 0.0475. The Labute approximate surface area is 471 Å². The van der Waals surface area contributed by atoms with Crippen molar-refractivity contribution in [2.45, 2.75) is 65.3 Å². The molecule has 7 rings (SSSR count). The number of rotatable bonds is 16. The number of nitrogens with zero attached hydrogens (tertiary/aromatic N) is 1. The number of aromatic carboxylic acids is 1. The van der Waals surface area contributed by atoms with Crippen molar-refractivity contribution < 1.29 is 117 Å². The van der Waals surface area contributed by atoms with Crippen LogP contribution in [0.25, 0.3) is 0 Å². The predicted octanol–water partition coefficient (Wildman–Crippen LogP) is 4.00. The van der Waals surface area contributed by atoms with E-state index < -0.39 is 83.2 Å². The van der Waals surface area contributed by atoms with E-state index >= 15 is 0 Å². The number of hydrogen-bond donors (Lipinski definition) is 6. The summed E-state index contributed by atoms with van der Waals surface area (Å²) in [5.41, 5.74) is 0. The van der Waals surface area contributed by atoms with E-state index in [0.29, 0.717) is 24.7 Å². The maximum absolute atomic E-state index is 11.0. The van der Waals surface area contributed by atoms with E-state index in [9.17, 15) is 61.3 Å². The molecule has 0 aliphatic rings. The Bertz CT molecular complexity index is 3480.